The van der Waals surface area contributed by atoms with E-state index in [2.05, 4.69) is 15.3 Å². The van der Waals surface area contributed by atoms with Crippen LogP contribution in [0.15, 0.2) is 29.1 Å². The first-order chi connectivity index (χ1) is 13.1. The number of ether oxygens (including phenoxy) is 2. The molecule has 0 saturated carbocycles. The van der Waals surface area contributed by atoms with Crippen molar-refractivity contribution in [1.82, 2.24) is 9.97 Å². The molecule has 1 amide bonds. The molecule has 0 bridgehead atoms. The first kappa shape index (κ1) is 18.9. The van der Waals surface area contributed by atoms with Gasteiger partial charge >= 0.3 is 0 Å². The predicted molar refractivity (Wildman–Crippen MR) is 103 cm³/mol. The topological polar surface area (TPSA) is 96.5 Å². The fourth-order valence-electron chi connectivity index (χ4n) is 3.01. The van der Waals surface area contributed by atoms with Crippen LogP contribution in [0.4, 0.5) is 11.6 Å². The van der Waals surface area contributed by atoms with E-state index in [1.807, 2.05) is 17.0 Å². The summed E-state index contributed by atoms with van der Waals surface area (Å²) >= 11 is 0. The number of carbonyl (C=O) groups excluding carboxylic acids is 1. The number of carbonyl (C=O) groups is 1. The highest BCUT2D eigenvalue weighted by Crippen LogP contribution is 2.23. The number of aromatic nitrogens is 2. The number of hydrogen-bond donors (Lipinski definition) is 2. The van der Waals surface area contributed by atoms with Crippen LogP contribution in [0.3, 0.4) is 0 Å². The minimum Gasteiger partial charge on any atom is -0.495 e. The highest BCUT2D eigenvalue weighted by Gasteiger charge is 2.17. The van der Waals surface area contributed by atoms with E-state index in [-0.39, 0.29) is 17.9 Å². The smallest absolute Gasteiger partial charge is 0.255 e. The third-order valence-electron chi connectivity index (χ3n) is 4.50. The summed E-state index contributed by atoms with van der Waals surface area (Å²) in [5, 5.41) is 2.81. The summed E-state index contributed by atoms with van der Waals surface area (Å²) in [7, 11) is 1.55. The van der Waals surface area contributed by atoms with Crippen molar-refractivity contribution in [3.05, 3.63) is 45.9 Å². The predicted octanol–water partition coefficient (Wildman–Crippen LogP) is 1.49. The van der Waals surface area contributed by atoms with Crippen LogP contribution in [0.1, 0.15) is 17.7 Å². The Labute approximate surface area is 157 Å². The zero-order chi connectivity index (χ0) is 19.2. The van der Waals surface area contributed by atoms with E-state index in [0.29, 0.717) is 61.4 Å². The molecule has 0 radical (unpaired) electrons. The SMILES string of the molecule is COc1ccccc1NC(=O)CCc1c(C)nc(N2CCOCC2)[nH]c1=O. The van der Waals surface area contributed by atoms with Crippen molar-refractivity contribution in [2.75, 3.05) is 43.6 Å². The second kappa shape index (κ2) is 8.68. The first-order valence-corrected chi connectivity index (χ1v) is 8.94. The van der Waals surface area contributed by atoms with Gasteiger partial charge in [-0.2, -0.15) is 0 Å². The summed E-state index contributed by atoms with van der Waals surface area (Å²) < 4.78 is 10.5. The maximum absolute atomic E-state index is 12.5. The van der Waals surface area contributed by atoms with Gasteiger partial charge in [-0.3, -0.25) is 14.6 Å². The Balaban J connectivity index is 1.65. The van der Waals surface area contributed by atoms with Gasteiger partial charge in [0.1, 0.15) is 5.75 Å². The molecule has 0 unspecified atom stereocenters. The van der Waals surface area contributed by atoms with Crippen molar-refractivity contribution in [3.8, 4) is 5.75 Å². The number of H-pyrrole nitrogens is 1. The number of aromatic amines is 1. The third-order valence-corrected chi connectivity index (χ3v) is 4.50. The Kier molecular flexibility index (Phi) is 6.08. The number of amides is 1. The van der Waals surface area contributed by atoms with Crippen molar-refractivity contribution in [2.24, 2.45) is 0 Å². The van der Waals surface area contributed by atoms with Crippen LogP contribution in [0.5, 0.6) is 5.75 Å². The zero-order valence-corrected chi connectivity index (χ0v) is 15.6. The summed E-state index contributed by atoms with van der Waals surface area (Å²) in [6.45, 7) is 4.43. The maximum Gasteiger partial charge on any atom is 0.255 e. The van der Waals surface area contributed by atoms with Crippen LogP contribution >= 0.6 is 0 Å². The molecular weight excluding hydrogens is 348 g/mol. The van der Waals surface area contributed by atoms with Crippen molar-refractivity contribution in [3.63, 3.8) is 0 Å². The number of hydrogen-bond acceptors (Lipinski definition) is 6. The summed E-state index contributed by atoms with van der Waals surface area (Å²) in [5.41, 5.74) is 1.58. The largest absolute Gasteiger partial charge is 0.495 e. The summed E-state index contributed by atoms with van der Waals surface area (Å²) in [4.78, 5) is 34.1. The molecule has 0 atom stereocenters. The lowest BCUT2D eigenvalue weighted by molar-refractivity contribution is -0.116. The Morgan fingerprint density at radius 3 is 2.78 bits per heavy atom. The Morgan fingerprint density at radius 2 is 2.07 bits per heavy atom. The zero-order valence-electron chi connectivity index (χ0n) is 15.6. The molecule has 1 aliphatic heterocycles. The Hall–Kier alpha value is -2.87. The lowest BCUT2D eigenvalue weighted by atomic mass is 10.1. The molecule has 3 rings (SSSR count). The van der Waals surface area contributed by atoms with Crippen molar-refractivity contribution in [2.45, 2.75) is 19.8 Å². The minimum atomic E-state index is -0.200. The van der Waals surface area contributed by atoms with E-state index in [1.165, 1.54) is 0 Å². The molecule has 1 aliphatic rings. The van der Waals surface area contributed by atoms with Gasteiger partial charge in [0.25, 0.3) is 5.56 Å². The molecule has 144 valence electrons. The number of nitrogens with one attached hydrogen (secondary N) is 2. The minimum absolute atomic E-state index is 0.181. The maximum atomic E-state index is 12.5. The first-order valence-electron chi connectivity index (χ1n) is 8.94. The molecule has 8 nitrogen and oxygen atoms in total. The van der Waals surface area contributed by atoms with Gasteiger partial charge < -0.3 is 19.7 Å². The molecule has 2 aromatic rings. The number of nitrogens with zero attached hydrogens (tertiary/aromatic N) is 2. The number of benzene rings is 1. The lowest BCUT2D eigenvalue weighted by Gasteiger charge is -2.27. The Bertz CT molecular complexity index is 859. The van der Waals surface area contributed by atoms with Crippen LogP contribution in [0, 0.1) is 6.92 Å². The number of aryl methyl sites for hydroxylation is 1. The molecule has 1 aromatic heterocycles. The average Bonchev–Trinajstić information content (AvgIpc) is 2.68. The molecule has 1 saturated heterocycles. The third kappa shape index (κ3) is 4.65. The number of morpholine rings is 1. The molecule has 8 heteroatoms. The van der Waals surface area contributed by atoms with Crippen LogP contribution in [-0.4, -0.2) is 49.3 Å². The van der Waals surface area contributed by atoms with E-state index in [9.17, 15) is 9.59 Å². The normalized spacial score (nSPS) is 14.1. The van der Waals surface area contributed by atoms with E-state index in [0.717, 1.165) is 0 Å². The van der Waals surface area contributed by atoms with Gasteiger partial charge in [0.05, 0.1) is 26.0 Å². The van der Waals surface area contributed by atoms with E-state index < -0.39 is 0 Å². The van der Waals surface area contributed by atoms with Gasteiger partial charge in [-0.25, -0.2) is 4.98 Å². The second-order valence-corrected chi connectivity index (χ2v) is 6.30. The van der Waals surface area contributed by atoms with Gasteiger partial charge in [-0.05, 0) is 25.5 Å². The summed E-state index contributed by atoms with van der Waals surface area (Å²) in [6, 6.07) is 7.20. The van der Waals surface area contributed by atoms with Crippen molar-refractivity contribution in [1.29, 1.82) is 0 Å². The highest BCUT2D eigenvalue weighted by molar-refractivity contribution is 5.92. The monoisotopic (exact) mass is 372 g/mol. The summed E-state index contributed by atoms with van der Waals surface area (Å²) in [5.74, 6) is 0.968. The van der Waals surface area contributed by atoms with Crippen LogP contribution in [-0.2, 0) is 16.0 Å². The molecule has 1 aromatic carbocycles. The van der Waals surface area contributed by atoms with Gasteiger partial charge in [-0.1, -0.05) is 12.1 Å². The van der Waals surface area contributed by atoms with Crippen molar-refractivity contribution >= 4 is 17.5 Å². The van der Waals surface area contributed by atoms with Crippen LogP contribution in [0.25, 0.3) is 0 Å². The van der Waals surface area contributed by atoms with Crippen LogP contribution in [0.2, 0.25) is 0 Å². The average molecular weight is 372 g/mol. The molecule has 1 fully saturated rings. The van der Waals surface area contributed by atoms with E-state index in [4.69, 9.17) is 9.47 Å². The standard InChI is InChI=1S/C19H24N4O4/c1-13-14(18(25)22-19(20-13)23-9-11-27-12-10-23)7-8-17(24)21-15-5-3-4-6-16(15)26-2/h3-6H,7-12H2,1-2H3,(H,21,24)(H,20,22,25). The quantitative estimate of drug-likeness (QED) is 0.798. The fraction of sp³-hybridized carbons (Fsp3) is 0.421. The van der Waals surface area contributed by atoms with Gasteiger partial charge in [0.15, 0.2) is 0 Å². The van der Waals surface area contributed by atoms with Gasteiger partial charge in [0.2, 0.25) is 11.9 Å². The number of para-hydroxylation sites is 2. The summed E-state index contributed by atoms with van der Waals surface area (Å²) in [6.07, 6.45) is 0.499. The van der Waals surface area contributed by atoms with Crippen LogP contribution < -0.4 is 20.5 Å². The molecule has 27 heavy (non-hydrogen) atoms. The second-order valence-electron chi connectivity index (χ2n) is 6.30. The number of anilines is 2. The molecule has 2 heterocycles. The molecule has 0 aliphatic carbocycles. The molecule has 2 N–H and O–H groups in total. The van der Waals surface area contributed by atoms with E-state index in [1.54, 1.807) is 26.2 Å². The van der Waals surface area contributed by atoms with Gasteiger partial charge in [0, 0.05) is 30.8 Å². The number of rotatable bonds is 6. The lowest BCUT2D eigenvalue weighted by Crippen LogP contribution is -2.38. The van der Waals surface area contributed by atoms with E-state index >= 15 is 0 Å². The fourth-order valence-corrected chi connectivity index (χ4v) is 3.01. The molecular formula is C19H24N4O4. The Morgan fingerprint density at radius 1 is 1.33 bits per heavy atom. The highest BCUT2D eigenvalue weighted by atomic mass is 16.5. The molecule has 0 spiro atoms. The number of methoxy groups -OCH3 is 1. The van der Waals surface area contributed by atoms with Gasteiger partial charge in [-0.15, -0.1) is 0 Å². The van der Waals surface area contributed by atoms with Crippen molar-refractivity contribution < 1.29 is 14.3 Å².